The number of quaternary nitrogens is 1. The highest BCUT2D eigenvalue weighted by Gasteiger charge is 2.30. The number of piperidine rings is 1. The van der Waals surface area contributed by atoms with Gasteiger partial charge in [-0.15, -0.1) is 0 Å². The predicted octanol–water partition coefficient (Wildman–Crippen LogP) is 1.73. The zero-order chi connectivity index (χ0) is 19.6. The third kappa shape index (κ3) is 4.00. The number of aryl methyl sites for hydroxylation is 2. The van der Waals surface area contributed by atoms with Crippen molar-refractivity contribution in [3.05, 3.63) is 39.2 Å². The summed E-state index contributed by atoms with van der Waals surface area (Å²) in [7, 11) is 0. The second-order valence-electron chi connectivity index (χ2n) is 7.29. The van der Waals surface area contributed by atoms with Crippen LogP contribution in [0, 0.1) is 12.8 Å². The molecule has 1 aromatic carbocycles. The lowest BCUT2D eigenvalue weighted by molar-refractivity contribution is -0.919. The monoisotopic (exact) mass is 374 g/mol. The number of rotatable bonds is 5. The minimum absolute atomic E-state index is 0.0406. The van der Waals surface area contributed by atoms with Crippen LogP contribution in [0.3, 0.4) is 0 Å². The minimum Gasteiger partial charge on any atom is -0.507 e. The van der Waals surface area contributed by atoms with Gasteiger partial charge in [-0.1, -0.05) is 6.92 Å². The lowest BCUT2D eigenvalue weighted by Crippen LogP contribution is -3.11. The topological polar surface area (TPSA) is 81.2 Å². The molecule has 1 aromatic heterocycles. The van der Waals surface area contributed by atoms with E-state index in [4.69, 9.17) is 9.15 Å². The molecule has 27 heavy (non-hydrogen) atoms. The zero-order valence-corrected chi connectivity index (χ0v) is 16.3. The molecule has 6 heteroatoms. The molecule has 2 aromatic rings. The molecule has 0 atom stereocenters. The molecule has 6 nitrogen and oxygen atoms in total. The van der Waals surface area contributed by atoms with E-state index in [1.807, 2.05) is 26.8 Å². The number of phenols is 1. The Morgan fingerprint density at radius 2 is 2.00 bits per heavy atom. The van der Waals surface area contributed by atoms with E-state index in [9.17, 15) is 14.7 Å². The number of nitrogens with one attached hydrogen (secondary N) is 1. The summed E-state index contributed by atoms with van der Waals surface area (Å²) in [6.45, 7) is 8.32. The van der Waals surface area contributed by atoms with Gasteiger partial charge in [-0.3, -0.25) is 4.79 Å². The van der Waals surface area contributed by atoms with Gasteiger partial charge in [0.25, 0.3) is 0 Å². The molecule has 0 radical (unpaired) electrons. The van der Waals surface area contributed by atoms with E-state index in [-0.39, 0.29) is 17.6 Å². The van der Waals surface area contributed by atoms with Crippen molar-refractivity contribution >= 4 is 16.9 Å². The maximum atomic E-state index is 11.9. The molecule has 0 unspecified atom stereocenters. The van der Waals surface area contributed by atoms with Crippen LogP contribution in [0.25, 0.3) is 11.0 Å². The first-order chi connectivity index (χ1) is 12.9. The molecule has 146 valence electrons. The molecule has 3 rings (SSSR count). The Hall–Kier alpha value is -2.34. The van der Waals surface area contributed by atoms with Gasteiger partial charge >= 0.3 is 11.6 Å². The van der Waals surface area contributed by atoms with Gasteiger partial charge in [-0.2, -0.15) is 0 Å². The van der Waals surface area contributed by atoms with Crippen LogP contribution in [-0.4, -0.2) is 30.8 Å². The van der Waals surface area contributed by atoms with Crippen LogP contribution in [0.2, 0.25) is 0 Å². The van der Waals surface area contributed by atoms with Crippen molar-refractivity contribution in [1.29, 1.82) is 0 Å². The maximum Gasteiger partial charge on any atom is 0.336 e. The van der Waals surface area contributed by atoms with Crippen molar-refractivity contribution in [1.82, 2.24) is 0 Å². The van der Waals surface area contributed by atoms with Crippen LogP contribution in [0.15, 0.2) is 21.3 Å². The van der Waals surface area contributed by atoms with Crippen molar-refractivity contribution in [3.8, 4) is 5.75 Å². The largest absolute Gasteiger partial charge is 0.507 e. The van der Waals surface area contributed by atoms with Crippen molar-refractivity contribution in [2.24, 2.45) is 5.92 Å². The van der Waals surface area contributed by atoms with Gasteiger partial charge in [0.15, 0.2) is 5.58 Å². The second-order valence-corrected chi connectivity index (χ2v) is 7.29. The molecule has 0 amide bonds. The van der Waals surface area contributed by atoms with Crippen LogP contribution in [0.4, 0.5) is 0 Å². The molecule has 1 aliphatic rings. The third-order valence-corrected chi connectivity index (χ3v) is 5.51. The Labute approximate surface area is 158 Å². The molecule has 0 spiro atoms. The van der Waals surface area contributed by atoms with E-state index in [2.05, 4.69) is 0 Å². The van der Waals surface area contributed by atoms with Gasteiger partial charge in [-0.25, -0.2) is 4.79 Å². The lowest BCUT2D eigenvalue weighted by atomic mass is 9.95. The van der Waals surface area contributed by atoms with E-state index in [1.165, 1.54) is 11.0 Å². The molecule has 0 aliphatic carbocycles. The van der Waals surface area contributed by atoms with Gasteiger partial charge in [0.1, 0.15) is 12.3 Å². The summed E-state index contributed by atoms with van der Waals surface area (Å²) in [6, 6.07) is 3.40. The molecular weight excluding hydrogens is 346 g/mol. The number of likely N-dealkylation sites (tertiary alicyclic amines) is 1. The van der Waals surface area contributed by atoms with Crippen molar-refractivity contribution in [2.45, 2.75) is 46.6 Å². The SMILES string of the molecule is CCOC(=O)C1CC[NH+](Cc2c(O)c(CC)cc3c(C)cc(=O)oc23)CC1. The Balaban J connectivity index is 1.88. The standard InChI is InChI=1S/C21H27NO5/c1-4-14-11-16-13(3)10-18(23)27-20(16)17(19(14)24)12-22-8-6-15(7-9-22)21(25)26-5-2/h10-11,15,24H,4-9,12H2,1-3H3/p+1. The number of carbonyl (C=O) groups is 1. The number of benzene rings is 1. The molecule has 1 saturated heterocycles. The number of phenolic OH excluding ortho intramolecular Hbond substituents is 1. The van der Waals surface area contributed by atoms with Gasteiger partial charge in [0, 0.05) is 24.3 Å². The summed E-state index contributed by atoms with van der Waals surface area (Å²) in [5.74, 6) is 0.0689. The molecule has 2 heterocycles. The zero-order valence-electron chi connectivity index (χ0n) is 16.3. The second kappa shape index (κ2) is 8.13. The van der Waals surface area contributed by atoms with E-state index in [0.29, 0.717) is 30.7 Å². The van der Waals surface area contributed by atoms with Crippen molar-refractivity contribution in [3.63, 3.8) is 0 Å². The number of hydrogen-bond donors (Lipinski definition) is 2. The maximum absolute atomic E-state index is 11.9. The van der Waals surface area contributed by atoms with Crippen LogP contribution in [0.5, 0.6) is 5.75 Å². The summed E-state index contributed by atoms with van der Waals surface area (Å²) in [5, 5.41) is 11.6. The fourth-order valence-corrected chi connectivity index (χ4v) is 3.95. The lowest BCUT2D eigenvalue weighted by Gasteiger charge is -2.28. The molecule has 0 saturated carbocycles. The molecule has 2 N–H and O–H groups in total. The Morgan fingerprint density at radius 1 is 1.30 bits per heavy atom. The first-order valence-electron chi connectivity index (χ1n) is 9.72. The number of esters is 1. The first kappa shape index (κ1) is 19.4. The van der Waals surface area contributed by atoms with Crippen molar-refractivity contribution < 1.29 is 24.0 Å². The van der Waals surface area contributed by atoms with E-state index < -0.39 is 5.63 Å². The third-order valence-electron chi connectivity index (χ3n) is 5.51. The first-order valence-corrected chi connectivity index (χ1v) is 9.72. The van der Waals surface area contributed by atoms with Gasteiger partial charge in [-0.05, 0) is 37.5 Å². The van der Waals surface area contributed by atoms with Crippen LogP contribution in [0.1, 0.15) is 43.4 Å². The minimum atomic E-state index is -0.402. The highest BCUT2D eigenvalue weighted by Crippen LogP contribution is 2.32. The van der Waals surface area contributed by atoms with E-state index in [1.54, 1.807) is 0 Å². The summed E-state index contributed by atoms with van der Waals surface area (Å²) in [5.41, 5.74) is 2.48. The van der Waals surface area contributed by atoms with Gasteiger partial charge in [0.05, 0.1) is 31.2 Å². The fraction of sp³-hybridized carbons (Fsp3) is 0.524. The number of aromatic hydroxyl groups is 1. The Kier molecular flexibility index (Phi) is 5.85. The molecular formula is C21H28NO5+. The number of carbonyl (C=O) groups excluding carboxylic acids is 1. The highest BCUT2D eigenvalue weighted by molar-refractivity contribution is 5.86. The number of ether oxygens (including phenoxy) is 1. The average molecular weight is 374 g/mol. The Morgan fingerprint density at radius 3 is 2.63 bits per heavy atom. The summed E-state index contributed by atoms with van der Waals surface area (Å²) < 4.78 is 10.6. The van der Waals surface area contributed by atoms with Crippen LogP contribution < -0.4 is 10.5 Å². The highest BCUT2D eigenvalue weighted by atomic mass is 16.5. The molecule has 1 aliphatic heterocycles. The summed E-state index contributed by atoms with van der Waals surface area (Å²) in [4.78, 5) is 25.1. The summed E-state index contributed by atoms with van der Waals surface area (Å²) >= 11 is 0. The van der Waals surface area contributed by atoms with Crippen molar-refractivity contribution in [2.75, 3.05) is 19.7 Å². The summed E-state index contributed by atoms with van der Waals surface area (Å²) in [6.07, 6.45) is 2.24. The van der Waals surface area contributed by atoms with Crippen LogP contribution >= 0.6 is 0 Å². The smallest absolute Gasteiger partial charge is 0.336 e. The fourth-order valence-electron chi connectivity index (χ4n) is 3.95. The van der Waals surface area contributed by atoms with E-state index in [0.717, 1.165) is 42.4 Å². The molecule has 1 fully saturated rings. The quantitative estimate of drug-likeness (QED) is 0.615. The normalized spacial score (nSPS) is 20.0. The average Bonchev–Trinajstić information content (AvgIpc) is 2.65. The number of hydrogen-bond acceptors (Lipinski definition) is 5. The van der Waals surface area contributed by atoms with Crippen LogP contribution in [-0.2, 0) is 22.5 Å². The predicted molar refractivity (Wildman–Crippen MR) is 102 cm³/mol. The molecule has 0 bridgehead atoms. The van der Waals surface area contributed by atoms with Gasteiger partial charge in [0.2, 0.25) is 0 Å². The van der Waals surface area contributed by atoms with E-state index >= 15 is 0 Å². The Bertz CT molecular complexity index is 894. The van der Waals surface area contributed by atoms with Gasteiger partial charge < -0.3 is 19.2 Å². The number of fused-ring (bicyclic) bond motifs is 1.